The van der Waals surface area contributed by atoms with Crippen LogP contribution in [0.5, 0.6) is 0 Å². The molecule has 1 heterocycles. The number of aromatic nitrogens is 1. The molecule has 1 saturated carbocycles. The molecule has 0 spiro atoms. The van der Waals surface area contributed by atoms with Gasteiger partial charge in [0, 0.05) is 18.5 Å². The molecule has 4 nitrogen and oxygen atoms in total. The van der Waals surface area contributed by atoms with Crippen molar-refractivity contribution in [2.75, 3.05) is 7.05 Å². The minimum Gasteiger partial charge on any atom is -0.354 e. The highest BCUT2D eigenvalue weighted by molar-refractivity contribution is 14.0. The zero-order valence-electron chi connectivity index (χ0n) is 13.1. The molecule has 2 N–H and O–H groups in total. The molecule has 0 radical (unpaired) electrons. The molecule has 0 bridgehead atoms. The summed E-state index contributed by atoms with van der Waals surface area (Å²) in [6, 6.07) is 0.372. The summed E-state index contributed by atoms with van der Waals surface area (Å²) in [7, 11) is 1.66. The van der Waals surface area contributed by atoms with Crippen molar-refractivity contribution in [3.63, 3.8) is 0 Å². The van der Waals surface area contributed by atoms with Crippen molar-refractivity contribution >= 4 is 41.3 Å². The number of guanidine groups is 1. The second kappa shape index (κ2) is 9.05. The summed E-state index contributed by atoms with van der Waals surface area (Å²) in [5.74, 6) is 1.31. The van der Waals surface area contributed by atoms with Gasteiger partial charge < -0.3 is 10.6 Å². The van der Waals surface area contributed by atoms with E-state index in [1.165, 1.54) is 12.8 Å². The first-order valence-corrected chi connectivity index (χ1v) is 8.25. The van der Waals surface area contributed by atoms with Gasteiger partial charge in [-0.25, -0.2) is 4.98 Å². The highest BCUT2D eigenvalue weighted by atomic mass is 127. The lowest BCUT2D eigenvalue weighted by Gasteiger charge is -2.28. The normalized spacial score (nSPS) is 22.4. The summed E-state index contributed by atoms with van der Waals surface area (Å²) in [6.45, 7) is 2.47. The molecule has 0 aliphatic heterocycles. The Morgan fingerprint density at radius 2 is 2.17 bits per heavy atom. The van der Waals surface area contributed by atoms with Crippen LogP contribution in [0.4, 0.5) is 13.2 Å². The fourth-order valence-electron chi connectivity index (χ4n) is 2.63. The van der Waals surface area contributed by atoms with E-state index in [2.05, 4.69) is 27.5 Å². The largest absolute Gasteiger partial charge is 0.434 e. The van der Waals surface area contributed by atoms with Gasteiger partial charge in [0.25, 0.3) is 0 Å². The minimum atomic E-state index is -4.38. The van der Waals surface area contributed by atoms with Crippen molar-refractivity contribution in [2.24, 2.45) is 10.9 Å². The minimum absolute atomic E-state index is 0. The Labute approximate surface area is 155 Å². The molecule has 1 aliphatic rings. The van der Waals surface area contributed by atoms with Gasteiger partial charge in [-0.3, -0.25) is 4.99 Å². The maximum Gasteiger partial charge on any atom is 0.434 e. The summed E-state index contributed by atoms with van der Waals surface area (Å²) in [6.07, 6.45) is 0.254. The molecule has 1 aromatic heterocycles. The maximum absolute atomic E-state index is 12.5. The Morgan fingerprint density at radius 1 is 1.43 bits per heavy atom. The molecular formula is C14H22F3IN4S. The number of hydrogen-bond donors (Lipinski definition) is 2. The Bertz CT molecular complexity index is 518. The van der Waals surface area contributed by atoms with Crippen molar-refractivity contribution in [1.29, 1.82) is 0 Å². The first kappa shape index (κ1) is 20.5. The Hall–Kier alpha value is -0.580. The number of nitrogens with one attached hydrogen (secondary N) is 2. The van der Waals surface area contributed by atoms with Crippen molar-refractivity contribution in [3.8, 4) is 0 Å². The topological polar surface area (TPSA) is 49.3 Å². The van der Waals surface area contributed by atoms with E-state index in [1.54, 1.807) is 7.05 Å². The van der Waals surface area contributed by atoms with E-state index in [1.807, 2.05) is 0 Å². The van der Waals surface area contributed by atoms with Gasteiger partial charge in [0.05, 0.1) is 6.54 Å². The molecule has 1 aliphatic carbocycles. The molecule has 0 aromatic carbocycles. The predicted molar refractivity (Wildman–Crippen MR) is 97.3 cm³/mol. The highest BCUT2D eigenvalue weighted by Crippen LogP contribution is 2.30. The lowest BCUT2D eigenvalue weighted by atomic mass is 9.87. The van der Waals surface area contributed by atoms with Crippen LogP contribution in [0.25, 0.3) is 0 Å². The average molecular weight is 462 g/mol. The van der Waals surface area contributed by atoms with Gasteiger partial charge in [-0.2, -0.15) is 13.2 Å². The van der Waals surface area contributed by atoms with Crippen LogP contribution in [0.2, 0.25) is 0 Å². The van der Waals surface area contributed by atoms with Gasteiger partial charge in [-0.05, 0) is 18.8 Å². The van der Waals surface area contributed by atoms with E-state index >= 15 is 0 Å². The molecule has 132 valence electrons. The number of aliphatic imine (C=N–C) groups is 1. The summed E-state index contributed by atoms with van der Waals surface area (Å²) >= 11 is 0.999. The summed E-state index contributed by atoms with van der Waals surface area (Å²) in [4.78, 5) is 7.72. The smallest absolute Gasteiger partial charge is 0.354 e. The maximum atomic E-state index is 12.5. The summed E-state index contributed by atoms with van der Waals surface area (Å²) < 4.78 is 37.5. The van der Waals surface area contributed by atoms with Crippen LogP contribution in [0.1, 0.15) is 43.3 Å². The van der Waals surface area contributed by atoms with Gasteiger partial charge >= 0.3 is 6.18 Å². The third-order valence-corrected chi connectivity index (χ3v) is 4.60. The molecule has 2 unspecified atom stereocenters. The highest BCUT2D eigenvalue weighted by Gasteiger charge is 2.33. The number of nitrogens with zero attached hydrogens (tertiary/aromatic N) is 2. The molecule has 1 fully saturated rings. The monoisotopic (exact) mass is 462 g/mol. The first-order valence-electron chi connectivity index (χ1n) is 7.37. The van der Waals surface area contributed by atoms with Gasteiger partial charge in [0.2, 0.25) is 0 Å². The van der Waals surface area contributed by atoms with E-state index < -0.39 is 11.9 Å². The van der Waals surface area contributed by atoms with Crippen molar-refractivity contribution in [1.82, 2.24) is 15.6 Å². The first-order chi connectivity index (χ1) is 10.4. The molecule has 0 amide bonds. The number of thiazole rings is 1. The standard InChI is InChI=1S/C14H21F3N4S.HI/c1-9-4-3-5-10(6-9)20-13(18-2)19-7-12-21-11(8-22-12)14(15,16)17;/h8-10H,3-7H2,1-2H3,(H2,18,19,20);1H. The Morgan fingerprint density at radius 3 is 2.74 bits per heavy atom. The van der Waals surface area contributed by atoms with Crippen molar-refractivity contribution in [3.05, 3.63) is 16.1 Å². The fourth-order valence-corrected chi connectivity index (χ4v) is 3.38. The zero-order chi connectivity index (χ0) is 16.2. The van der Waals surface area contributed by atoms with Gasteiger partial charge in [0.15, 0.2) is 11.7 Å². The predicted octanol–water partition coefficient (Wildman–Crippen LogP) is 4.02. The molecule has 2 atom stereocenters. The Balaban J connectivity index is 0.00000264. The number of rotatable bonds is 3. The Kier molecular flexibility index (Phi) is 8.05. The lowest BCUT2D eigenvalue weighted by Crippen LogP contribution is -2.44. The number of halogens is 4. The second-order valence-electron chi connectivity index (χ2n) is 5.66. The molecule has 0 saturated heterocycles. The molecule has 23 heavy (non-hydrogen) atoms. The van der Waals surface area contributed by atoms with E-state index in [9.17, 15) is 13.2 Å². The molecular weight excluding hydrogens is 440 g/mol. The van der Waals surface area contributed by atoms with Crippen LogP contribution in [-0.4, -0.2) is 24.0 Å². The second-order valence-corrected chi connectivity index (χ2v) is 6.61. The summed E-state index contributed by atoms with van der Waals surface area (Å²) in [5, 5.41) is 7.80. The van der Waals surface area contributed by atoms with Gasteiger partial charge in [-0.15, -0.1) is 35.3 Å². The molecule has 1 aromatic rings. The fraction of sp³-hybridized carbons (Fsp3) is 0.714. The number of hydrogen-bond acceptors (Lipinski definition) is 3. The average Bonchev–Trinajstić information content (AvgIpc) is 2.92. The van der Waals surface area contributed by atoms with E-state index in [0.717, 1.165) is 29.6 Å². The van der Waals surface area contributed by atoms with Crippen LogP contribution in [-0.2, 0) is 12.7 Å². The lowest BCUT2D eigenvalue weighted by molar-refractivity contribution is -0.140. The number of alkyl halides is 3. The van der Waals surface area contributed by atoms with E-state index in [0.29, 0.717) is 22.9 Å². The van der Waals surface area contributed by atoms with Crippen LogP contribution in [0.3, 0.4) is 0 Å². The van der Waals surface area contributed by atoms with Gasteiger partial charge in [-0.1, -0.05) is 19.8 Å². The van der Waals surface area contributed by atoms with Gasteiger partial charge in [0.1, 0.15) is 5.01 Å². The third kappa shape index (κ3) is 6.44. The third-order valence-electron chi connectivity index (χ3n) is 3.75. The van der Waals surface area contributed by atoms with Crippen LogP contribution < -0.4 is 10.6 Å². The zero-order valence-corrected chi connectivity index (χ0v) is 16.3. The van der Waals surface area contributed by atoms with E-state index in [4.69, 9.17) is 0 Å². The van der Waals surface area contributed by atoms with Crippen LogP contribution in [0, 0.1) is 5.92 Å². The van der Waals surface area contributed by atoms with Crippen molar-refractivity contribution < 1.29 is 13.2 Å². The van der Waals surface area contributed by atoms with Crippen LogP contribution in [0.15, 0.2) is 10.4 Å². The van der Waals surface area contributed by atoms with Crippen LogP contribution >= 0.6 is 35.3 Å². The SMILES string of the molecule is CN=C(NCc1nc(C(F)(F)F)cs1)NC1CCCC(C)C1.I. The summed E-state index contributed by atoms with van der Waals surface area (Å²) in [5.41, 5.74) is -0.835. The molecule has 2 rings (SSSR count). The quantitative estimate of drug-likeness (QED) is 0.406. The molecule has 9 heteroatoms. The van der Waals surface area contributed by atoms with Crippen molar-refractivity contribution in [2.45, 2.75) is 51.4 Å². The van der Waals surface area contributed by atoms with E-state index in [-0.39, 0.29) is 30.5 Å².